The molecule has 5 nitrogen and oxygen atoms in total. The molecule has 2 amide bonds. The van der Waals surface area contributed by atoms with Gasteiger partial charge in [-0.1, -0.05) is 17.3 Å². The van der Waals surface area contributed by atoms with E-state index in [1.54, 1.807) is 32.2 Å². The Balaban J connectivity index is 1.98. The van der Waals surface area contributed by atoms with Crippen molar-refractivity contribution in [3.63, 3.8) is 0 Å². The Bertz CT molecular complexity index is 583. The van der Waals surface area contributed by atoms with E-state index >= 15 is 0 Å². The molecule has 0 aliphatic carbocycles. The van der Waals surface area contributed by atoms with Gasteiger partial charge in [-0.05, 0) is 19.1 Å². The summed E-state index contributed by atoms with van der Waals surface area (Å²) in [6, 6.07) is 7.33. The second-order valence-electron chi connectivity index (χ2n) is 4.20. The fourth-order valence-corrected chi connectivity index (χ4v) is 1.57. The number of nitrogens with zero attached hydrogens (tertiary/aromatic N) is 2. The van der Waals surface area contributed by atoms with Gasteiger partial charge in [0.25, 0.3) is 0 Å². The highest BCUT2D eigenvalue weighted by Gasteiger charge is 2.13. The summed E-state index contributed by atoms with van der Waals surface area (Å²) in [4.78, 5) is 13.2. The molecular formula is C13H14FN3O2. The number of hydrogen-bond donors (Lipinski definition) is 1. The molecule has 0 saturated heterocycles. The van der Waals surface area contributed by atoms with Crippen LogP contribution in [0.5, 0.6) is 0 Å². The maximum absolute atomic E-state index is 13.4. The number of aryl methyl sites for hydroxylation is 1. The summed E-state index contributed by atoms with van der Waals surface area (Å²) in [6.07, 6.45) is 0. The molecular weight excluding hydrogens is 249 g/mol. The molecule has 0 saturated carbocycles. The van der Waals surface area contributed by atoms with Crippen LogP contribution in [-0.4, -0.2) is 23.1 Å². The van der Waals surface area contributed by atoms with Crippen molar-refractivity contribution in [3.05, 3.63) is 47.6 Å². The van der Waals surface area contributed by atoms with Gasteiger partial charge >= 0.3 is 6.03 Å². The summed E-state index contributed by atoms with van der Waals surface area (Å²) in [7, 11) is 1.59. The quantitative estimate of drug-likeness (QED) is 0.926. The van der Waals surface area contributed by atoms with Gasteiger partial charge in [-0.25, -0.2) is 9.18 Å². The first-order valence-corrected chi connectivity index (χ1v) is 5.75. The van der Waals surface area contributed by atoms with E-state index in [0.29, 0.717) is 5.76 Å². The molecule has 2 aromatic rings. The van der Waals surface area contributed by atoms with Gasteiger partial charge in [-0.15, -0.1) is 0 Å². The van der Waals surface area contributed by atoms with E-state index < -0.39 is 11.8 Å². The van der Waals surface area contributed by atoms with E-state index in [9.17, 15) is 9.18 Å². The Labute approximate surface area is 110 Å². The molecule has 2 rings (SSSR count). The van der Waals surface area contributed by atoms with Gasteiger partial charge in [0.2, 0.25) is 0 Å². The van der Waals surface area contributed by atoms with Gasteiger partial charge in [0, 0.05) is 13.1 Å². The van der Waals surface area contributed by atoms with E-state index in [1.165, 1.54) is 17.0 Å². The number of halogens is 1. The second-order valence-corrected chi connectivity index (χ2v) is 4.20. The largest absolute Gasteiger partial charge is 0.359 e. The average Bonchev–Trinajstić information content (AvgIpc) is 2.77. The third kappa shape index (κ3) is 3.31. The molecule has 1 aromatic heterocycles. The molecule has 19 heavy (non-hydrogen) atoms. The number of benzene rings is 1. The second kappa shape index (κ2) is 5.51. The van der Waals surface area contributed by atoms with Crippen LogP contribution in [0.25, 0.3) is 0 Å². The first kappa shape index (κ1) is 13.1. The van der Waals surface area contributed by atoms with E-state index in [0.717, 1.165) is 5.69 Å². The number of para-hydroxylation sites is 1. The third-order valence-corrected chi connectivity index (χ3v) is 2.53. The number of nitrogens with one attached hydrogen (secondary N) is 1. The van der Waals surface area contributed by atoms with Crippen LogP contribution in [0, 0.1) is 12.7 Å². The molecule has 0 fully saturated rings. The molecule has 0 radical (unpaired) electrons. The maximum Gasteiger partial charge on any atom is 0.322 e. The van der Waals surface area contributed by atoms with Crippen LogP contribution < -0.4 is 5.32 Å². The van der Waals surface area contributed by atoms with Crippen molar-refractivity contribution in [3.8, 4) is 0 Å². The lowest BCUT2D eigenvalue weighted by atomic mass is 10.3. The number of carbonyl (C=O) groups excluding carboxylic acids is 1. The van der Waals surface area contributed by atoms with Crippen LogP contribution in [0.4, 0.5) is 14.9 Å². The zero-order chi connectivity index (χ0) is 13.8. The molecule has 1 heterocycles. The van der Waals surface area contributed by atoms with Crippen LogP contribution in [0.15, 0.2) is 34.9 Å². The first-order valence-electron chi connectivity index (χ1n) is 5.75. The van der Waals surface area contributed by atoms with Crippen molar-refractivity contribution in [2.45, 2.75) is 13.5 Å². The highest BCUT2D eigenvalue weighted by molar-refractivity contribution is 5.89. The molecule has 0 aliphatic rings. The van der Waals surface area contributed by atoms with Crippen molar-refractivity contribution in [1.29, 1.82) is 0 Å². The van der Waals surface area contributed by atoms with Crippen molar-refractivity contribution >= 4 is 11.7 Å². The smallest absolute Gasteiger partial charge is 0.322 e. The molecule has 0 atom stereocenters. The van der Waals surface area contributed by atoms with Crippen LogP contribution in [0.3, 0.4) is 0 Å². The van der Waals surface area contributed by atoms with Gasteiger partial charge in [-0.3, -0.25) is 0 Å². The van der Waals surface area contributed by atoms with E-state index in [4.69, 9.17) is 4.52 Å². The standard InChI is InChI=1S/C13H14FN3O2/c1-9-7-10(19-16-9)8-17(2)13(18)15-12-6-4-3-5-11(12)14/h3-7H,8H2,1-2H3,(H,15,18). The highest BCUT2D eigenvalue weighted by Crippen LogP contribution is 2.13. The molecule has 0 bridgehead atoms. The topological polar surface area (TPSA) is 58.4 Å². The molecule has 0 spiro atoms. The van der Waals surface area contributed by atoms with Gasteiger partial charge in [0.1, 0.15) is 5.82 Å². The number of aromatic nitrogens is 1. The molecule has 0 unspecified atom stereocenters. The Morgan fingerprint density at radius 2 is 2.21 bits per heavy atom. The third-order valence-electron chi connectivity index (χ3n) is 2.53. The summed E-state index contributed by atoms with van der Waals surface area (Å²) in [5.74, 6) is 0.100. The van der Waals surface area contributed by atoms with Crippen LogP contribution in [0.2, 0.25) is 0 Å². The molecule has 6 heteroatoms. The van der Waals surface area contributed by atoms with Crippen LogP contribution >= 0.6 is 0 Å². The minimum Gasteiger partial charge on any atom is -0.359 e. The Morgan fingerprint density at radius 3 is 2.84 bits per heavy atom. The van der Waals surface area contributed by atoms with Gasteiger partial charge in [0.15, 0.2) is 5.76 Å². The number of amides is 2. The number of rotatable bonds is 3. The predicted octanol–water partition coefficient (Wildman–Crippen LogP) is 2.79. The fraction of sp³-hybridized carbons (Fsp3) is 0.231. The summed E-state index contributed by atoms with van der Waals surface area (Å²) in [5.41, 5.74) is 0.894. The number of hydrogen-bond acceptors (Lipinski definition) is 3. The van der Waals surface area contributed by atoms with Crippen molar-refractivity contribution in [2.75, 3.05) is 12.4 Å². The Hall–Kier alpha value is -2.37. The van der Waals surface area contributed by atoms with Crippen molar-refractivity contribution in [1.82, 2.24) is 10.1 Å². The summed E-state index contributed by atoms with van der Waals surface area (Å²) < 4.78 is 18.4. The summed E-state index contributed by atoms with van der Waals surface area (Å²) in [6.45, 7) is 2.06. The van der Waals surface area contributed by atoms with Gasteiger partial charge in [-0.2, -0.15) is 0 Å². The number of carbonyl (C=O) groups is 1. The summed E-state index contributed by atoms with van der Waals surface area (Å²) >= 11 is 0. The maximum atomic E-state index is 13.4. The monoisotopic (exact) mass is 263 g/mol. The number of anilines is 1. The normalized spacial score (nSPS) is 10.3. The fourth-order valence-electron chi connectivity index (χ4n) is 1.57. The number of urea groups is 1. The van der Waals surface area contributed by atoms with Crippen LogP contribution in [-0.2, 0) is 6.54 Å². The molecule has 1 aromatic carbocycles. The molecule has 100 valence electrons. The van der Waals surface area contributed by atoms with Gasteiger partial charge in [0.05, 0.1) is 17.9 Å². The first-order chi connectivity index (χ1) is 9.06. The lowest BCUT2D eigenvalue weighted by Gasteiger charge is -2.16. The molecule has 1 N–H and O–H groups in total. The Kier molecular flexibility index (Phi) is 3.79. The average molecular weight is 263 g/mol. The Morgan fingerprint density at radius 1 is 1.47 bits per heavy atom. The zero-order valence-electron chi connectivity index (χ0n) is 10.7. The minimum atomic E-state index is -0.472. The zero-order valence-corrected chi connectivity index (χ0v) is 10.7. The van der Waals surface area contributed by atoms with E-state index in [-0.39, 0.29) is 12.2 Å². The van der Waals surface area contributed by atoms with E-state index in [2.05, 4.69) is 10.5 Å². The van der Waals surface area contributed by atoms with Crippen molar-refractivity contribution < 1.29 is 13.7 Å². The van der Waals surface area contributed by atoms with Gasteiger partial charge < -0.3 is 14.7 Å². The molecule has 0 aliphatic heterocycles. The summed E-state index contributed by atoms with van der Waals surface area (Å²) in [5, 5.41) is 6.22. The predicted molar refractivity (Wildman–Crippen MR) is 68.1 cm³/mol. The lowest BCUT2D eigenvalue weighted by Crippen LogP contribution is -2.31. The lowest BCUT2D eigenvalue weighted by molar-refractivity contribution is 0.214. The SMILES string of the molecule is Cc1cc(CN(C)C(=O)Nc2ccccc2F)on1. The highest BCUT2D eigenvalue weighted by atomic mass is 19.1. The van der Waals surface area contributed by atoms with E-state index in [1.807, 2.05) is 0 Å². The van der Waals surface area contributed by atoms with Crippen molar-refractivity contribution in [2.24, 2.45) is 0 Å². The minimum absolute atomic E-state index is 0.146. The van der Waals surface area contributed by atoms with Crippen LogP contribution in [0.1, 0.15) is 11.5 Å².